The molecule has 8 heteroatoms. The van der Waals surface area contributed by atoms with Crippen molar-refractivity contribution >= 4 is 11.4 Å². The molecule has 2 atom stereocenters. The summed E-state index contributed by atoms with van der Waals surface area (Å²) in [5.41, 5.74) is 5.90. The van der Waals surface area contributed by atoms with Gasteiger partial charge < -0.3 is 5.32 Å². The number of carbonyl (C=O) groups excluding carboxylic acids is 1. The summed E-state index contributed by atoms with van der Waals surface area (Å²) in [6.45, 7) is 2.12. The number of terminal acetylenes is 1. The second kappa shape index (κ2) is 8.07. The van der Waals surface area contributed by atoms with E-state index in [-0.39, 0.29) is 11.4 Å². The van der Waals surface area contributed by atoms with Gasteiger partial charge in [0.2, 0.25) is 0 Å². The summed E-state index contributed by atoms with van der Waals surface area (Å²) >= 11 is 0. The van der Waals surface area contributed by atoms with Gasteiger partial charge in [-0.3, -0.25) is 14.5 Å². The molecule has 0 aliphatic heterocycles. The number of aromatic nitrogens is 5. The Morgan fingerprint density at radius 1 is 1.11 bits per heavy atom. The Bertz CT molecular complexity index is 1570. The Kier molecular flexibility index (Phi) is 4.94. The number of pyridine rings is 2. The zero-order chi connectivity index (χ0) is 25.0. The standard InChI is InChI=1S/C28H25N7O/c1-4-26(36)33-28(2)22-7-18(8-23(28)10-22)25-6-5-17(12-30-25)24-9-19(21-14-31-34(3)15-21)16-35-27(24)20(11-29)13-32-35/h1,5-6,9,12-16,18,22-23H,7-8,10H2,2-3H3,(H,33,36). The van der Waals surface area contributed by atoms with Crippen LogP contribution in [0.2, 0.25) is 0 Å². The third-order valence-electron chi connectivity index (χ3n) is 8.20. The van der Waals surface area contributed by atoms with E-state index in [1.807, 2.05) is 31.8 Å². The fourth-order valence-electron chi connectivity index (χ4n) is 6.16. The predicted molar refractivity (Wildman–Crippen MR) is 134 cm³/mol. The molecule has 1 N–H and O–H groups in total. The van der Waals surface area contributed by atoms with E-state index in [2.05, 4.69) is 52.6 Å². The highest BCUT2D eigenvalue weighted by Crippen LogP contribution is 2.57. The smallest absolute Gasteiger partial charge is 0.296 e. The van der Waals surface area contributed by atoms with Gasteiger partial charge in [0.15, 0.2) is 0 Å². The minimum atomic E-state index is -0.329. The second-order valence-corrected chi connectivity index (χ2v) is 10.2. The molecule has 178 valence electrons. The Morgan fingerprint density at radius 3 is 2.56 bits per heavy atom. The SMILES string of the molecule is C#CC(=O)NC1(C)C2CC(c3ccc(-c4cc(-c5cnn(C)c5)cn5ncc(C#N)c45)cn3)CC1C2. The van der Waals surface area contributed by atoms with E-state index >= 15 is 0 Å². The molecule has 0 spiro atoms. The van der Waals surface area contributed by atoms with Gasteiger partial charge in [-0.1, -0.05) is 6.07 Å². The van der Waals surface area contributed by atoms with Gasteiger partial charge in [-0.15, -0.1) is 6.42 Å². The molecule has 0 saturated heterocycles. The van der Waals surface area contributed by atoms with Crippen LogP contribution in [-0.4, -0.2) is 35.8 Å². The number of nitriles is 1. The van der Waals surface area contributed by atoms with Gasteiger partial charge in [-0.2, -0.15) is 15.5 Å². The van der Waals surface area contributed by atoms with E-state index < -0.39 is 0 Å². The molecule has 4 heterocycles. The zero-order valence-corrected chi connectivity index (χ0v) is 20.1. The molecule has 7 rings (SSSR count). The van der Waals surface area contributed by atoms with Crippen molar-refractivity contribution in [3.8, 4) is 40.7 Å². The molecule has 1 amide bonds. The first-order chi connectivity index (χ1) is 17.4. The fraction of sp³-hybridized carbons (Fsp3) is 0.321. The normalized spacial score (nSPS) is 24.5. The first-order valence-electron chi connectivity index (χ1n) is 12.0. The van der Waals surface area contributed by atoms with Crippen LogP contribution in [0.3, 0.4) is 0 Å². The van der Waals surface area contributed by atoms with Crippen LogP contribution in [0.15, 0.2) is 49.2 Å². The van der Waals surface area contributed by atoms with Crippen LogP contribution in [0.1, 0.15) is 43.4 Å². The van der Waals surface area contributed by atoms with Gasteiger partial charge in [-0.25, -0.2) is 4.52 Å². The Morgan fingerprint density at radius 2 is 1.92 bits per heavy atom. The molecule has 0 radical (unpaired) electrons. The summed E-state index contributed by atoms with van der Waals surface area (Å²) in [4.78, 5) is 16.7. The van der Waals surface area contributed by atoms with Crippen LogP contribution in [0.4, 0.5) is 0 Å². The number of amides is 1. The summed E-state index contributed by atoms with van der Waals surface area (Å²) in [6, 6.07) is 8.51. The molecule has 3 fully saturated rings. The number of hydrogen-bond donors (Lipinski definition) is 1. The summed E-state index contributed by atoms with van der Waals surface area (Å²) in [6.07, 6.45) is 17.5. The van der Waals surface area contributed by atoms with Crippen LogP contribution in [0.5, 0.6) is 0 Å². The van der Waals surface area contributed by atoms with Gasteiger partial charge in [0.05, 0.1) is 23.5 Å². The number of nitrogens with zero attached hydrogens (tertiary/aromatic N) is 6. The fourth-order valence-corrected chi connectivity index (χ4v) is 6.16. The average Bonchev–Trinajstić information content (AvgIpc) is 3.54. The third-order valence-corrected chi connectivity index (χ3v) is 8.20. The van der Waals surface area contributed by atoms with E-state index in [1.54, 1.807) is 15.4 Å². The topological polar surface area (TPSA) is 101 Å². The molecule has 3 aliphatic carbocycles. The van der Waals surface area contributed by atoms with E-state index in [4.69, 9.17) is 11.4 Å². The summed E-state index contributed by atoms with van der Waals surface area (Å²) in [5.74, 6) is 3.01. The van der Waals surface area contributed by atoms with Gasteiger partial charge in [-0.05, 0) is 56.1 Å². The maximum Gasteiger partial charge on any atom is 0.296 e. The number of aryl methyl sites for hydroxylation is 1. The zero-order valence-electron chi connectivity index (χ0n) is 20.1. The maximum absolute atomic E-state index is 11.8. The van der Waals surface area contributed by atoms with Gasteiger partial charge >= 0.3 is 0 Å². The Labute approximate surface area is 209 Å². The van der Waals surface area contributed by atoms with Crippen molar-refractivity contribution in [2.24, 2.45) is 18.9 Å². The van der Waals surface area contributed by atoms with E-state index in [0.29, 0.717) is 23.3 Å². The van der Waals surface area contributed by atoms with Crippen molar-refractivity contribution in [2.45, 2.75) is 37.6 Å². The molecular weight excluding hydrogens is 450 g/mol. The highest BCUT2D eigenvalue weighted by Gasteiger charge is 2.56. The molecule has 36 heavy (non-hydrogen) atoms. The molecular formula is C28H25N7O. The van der Waals surface area contributed by atoms with E-state index in [9.17, 15) is 10.1 Å². The monoisotopic (exact) mass is 475 g/mol. The van der Waals surface area contributed by atoms with Gasteiger partial charge in [0.1, 0.15) is 6.07 Å². The summed E-state index contributed by atoms with van der Waals surface area (Å²) in [5, 5.41) is 21.4. The Balaban J connectivity index is 1.31. The number of carbonyl (C=O) groups is 1. The largest absolute Gasteiger partial charge is 0.340 e. The van der Waals surface area contributed by atoms with E-state index in [1.165, 1.54) is 0 Å². The average molecular weight is 476 g/mol. The third kappa shape index (κ3) is 3.37. The number of fused-ring (bicyclic) bond motifs is 3. The number of rotatable bonds is 4. The molecule has 2 bridgehead atoms. The van der Waals surface area contributed by atoms with Crippen LogP contribution < -0.4 is 5.32 Å². The first-order valence-corrected chi connectivity index (χ1v) is 12.0. The van der Waals surface area contributed by atoms with Crippen molar-refractivity contribution in [3.63, 3.8) is 0 Å². The highest BCUT2D eigenvalue weighted by atomic mass is 16.1. The van der Waals surface area contributed by atoms with E-state index in [0.717, 1.165) is 52.7 Å². The summed E-state index contributed by atoms with van der Waals surface area (Å²) in [7, 11) is 1.88. The second-order valence-electron chi connectivity index (χ2n) is 10.2. The minimum Gasteiger partial charge on any atom is -0.340 e. The highest BCUT2D eigenvalue weighted by molar-refractivity contribution is 5.93. The molecule has 4 aromatic rings. The van der Waals surface area contributed by atoms with Crippen molar-refractivity contribution in [2.75, 3.05) is 0 Å². The van der Waals surface area contributed by atoms with Crippen LogP contribution in [-0.2, 0) is 11.8 Å². The molecule has 0 aromatic carbocycles. The molecule has 8 nitrogen and oxygen atoms in total. The van der Waals surface area contributed by atoms with Crippen LogP contribution in [0, 0.1) is 35.5 Å². The molecule has 4 aromatic heterocycles. The van der Waals surface area contributed by atoms with Gasteiger partial charge in [0.25, 0.3) is 5.91 Å². The van der Waals surface area contributed by atoms with Crippen LogP contribution >= 0.6 is 0 Å². The molecule has 3 aliphatic rings. The lowest BCUT2D eigenvalue weighted by atomic mass is 9.50. The van der Waals surface area contributed by atoms with Crippen molar-refractivity contribution in [3.05, 3.63) is 60.4 Å². The first kappa shape index (κ1) is 22.1. The van der Waals surface area contributed by atoms with Crippen LogP contribution in [0.25, 0.3) is 27.8 Å². The molecule has 2 unspecified atom stereocenters. The lowest BCUT2D eigenvalue weighted by molar-refractivity contribution is -0.125. The molecule has 3 saturated carbocycles. The lowest BCUT2D eigenvalue weighted by Crippen LogP contribution is -2.66. The van der Waals surface area contributed by atoms with Crippen molar-refractivity contribution < 1.29 is 4.79 Å². The summed E-state index contributed by atoms with van der Waals surface area (Å²) < 4.78 is 3.52. The number of nitrogens with one attached hydrogen (secondary N) is 1. The maximum atomic E-state index is 11.8. The van der Waals surface area contributed by atoms with Gasteiger partial charge in [0, 0.05) is 65.0 Å². The predicted octanol–water partition coefficient (Wildman–Crippen LogP) is 3.69. The quantitative estimate of drug-likeness (QED) is 0.454. The minimum absolute atomic E-state index is 0.214. The Hall–Kier alpha value is -4.43. The number of hydrogen-bond acceptors (Lipinski definition) is 5. The van der Waals surface area contributed by atoms with Crippen molar-refractivity contribution in [1.82, 2.24) is 29.7 Å². The van der Waals surface area contributed by atoms with Crippen molar-refractivity contribution in [1.29, 1.82) is 5.26 Å². The lowest BCUT2D eigenvalue weighted by Gasteiger charge is -2.60.